The molecular weight excluding hydrogens is 308 g/mol. The highest BCUT2D eigenvalue weighted by atomic mass is 32.1. The smallest absolute Gasteiger partial charge is 0.227 e. The molecule has 0 aliphatic carbocycles. The zero-order valence-electron chi connectivity index (χ0n) is 13.9. The Bertz CT molecular complexity index is 760. The van der Waals surface area contributed by atoms with Gasteiger partial charge in [0.1, 0.15) is 5.76 Å². The zero-order valence-corrected chi connectivity index (χ0v) is 14.7. The van der Waals surface area contributed by atoms with Gasteiger partial charge in [-0.3, -0.25) is 4.68 Å². The number of nitrogens with one attached hydrogen (secondary N) is 1. The normalized spacial score (nSPS) is 14.1. The van der Waals surface area contributed by atoms with Crippen LogP contribution in [0.25, 0.3) is 11.5 Å². The van der Waals surface area contributed by atoms with E-state index in [-0.39, 0.29) is 12.1 Å². The van der Waals surface area contributed by atoms with Crippen molar-refractivity contribution in [3.63, 3.8) is 0 Å². The Morgan fingerprint density at radius 2 is 2.17 bits per heavy atom. The molecule has 0 saturated heterocycles. The minimum atomic E-state index is 0.271. The van der Waals surface area contributed by atoms with Crippen LogP contribution < -0.4 is 5.32 Å². The third-order valence-corrected chi connectivity index (χ3v) is 4.81. The summed E-state index contributed by atoms with van der Waals surface area (Å²) in [6, 6.07) is 2.57. The summed E-state index contributed by atoms with van der Waals surface area (Å²) in [6.45, 7) is 9.03. The predicted molar refractivity (Wildman–Crippen MR) is 92.5 cm³/mol. The molecule has 2 atom stereocenters. The van der Waals surface area contributed by atoms with Gasteiger partial charge in [0.15, 0.2) is 0 Å². The summed E-state index contributed by atoms with van der Waals surface area (Å²) in [5, 5.41) is 12.0. The Morgan fingerprint density at radius 1 is 1.35 bits per heavy atom. The average Bonchev–Trinajstić information content (AvgIpc) is 3.25. The number of aromatic nitrogens is 3. The van der Waals surface area contributed by atoms with Crippen LogP contribution in [-0.2, 0) is 6.54 Å². The number of hydrogen-bond donors (Lipinski definition) is 1. The van der Waals surface area contributed by atoms with Crippen LogP contribution in [0.15, 0.2) is 33.6 Å². The van der Waals surface area contributed by atoms with Crippen LogP contribution in [0.1, 0.15) is 36.9 Å². The number of oxazole rings is 1. The Morgan fingerprint density at radius 3 is 2.83 bits per heavy atom. The monoisotopic (exact) mass is 330 g/mol. The molecule has 0 aliphatic heterocycles. The lowest BCUT2D eigenvalue weighted by Gasteiger charge is -2.21. The van der Waals surface area contributed by atoms with Crippen molar-refractivity contribution in [2.45, 2.75) is 46.3 Å². The van der Waals surface area contributed by atoms with Gasteiger partial charge in [0.2, 0.25) is 5.89 Å². The molecule has 0 aliphatic rings. The third-order valence-electron chi connectivity index (χ3n) is 4.12. The van der Waals surface area contributed by atoms with Gasteiger partial charge in [-0.15, -0.1) is 0 Å². The van der Waals surface area contributed by atoms with E-state index >= 15 is 0 Å². The van der Waals surface area contributed by atoms with Crippen LogP contribution in [0, 0.1) is 13.8 Å². The highest BCUT2D eigenvalue weighted by Crippen LogP contribution is 2.24. The Labute approximate surface area is 140 Å². The fourth-order valence-electron chi connectivity index (χ4n) is 2.41. The first-order valence-electron chi connectivity index (χ1n) is 7.77. The maximum Gasteiger partial charge on any atom is 0.227 e. The van der Waals surface area contributed by atoms with Crippen molar-refractivity contribution in [2.24, 2.45) is 0 Å². The molecule has 0 bridgehead atoms. The lowest BCUT2D eigenvalue weighted by atomic mass is 10.1. The first-order valence-corrected chi connectivity index (χ1v) is 8.72. The van der Waals surface area contributed by atoms with Crippen molar-refractivity contribution in [2.75, 3.05) is 0 Å². The minimum absolute atomic E-state index is 0.271. The maximum absolute atomic E-state index is 5.78. The summed E-state index contributed by atoms with van der Waals surface area (Å²) in [4.78, 5) is 4.62. The molecule has 0 fully saturated rings. The van der Waals surface area contributed by atoms with E-state index < -0.39 is 0 Å². The van der Waals surface area contributed by atoms with E-state index in [1.165, 1.54) is 5.56 Å². The Kier molecular flexibility index (Phi) is 4.63. The van der Waals surface area contributed by atoms with Gasteiger partial charge < -0.3 is 9.73 Å². The molecule has 6 heteroatoms. The second-order valence-electron chi connectivity index (χ2n) is 5.94. The van der Waals surface area contributed by atoms with Gasteiger partial charge in [0, 0.05) is 29.7 Å². The molecule has 5 nitrogen and oxygen atoms in total. The fourth-order valence-corrected chi connectivity index (χ4v) is 3.04. The van der Waals surface area contributed by atoms with Gasteiger partial charge in [0.05, 0.1) is 17.9 Å². The summed E-state index contributed by atoms with van der Waals surface area (Å²) >= 11 is 1.65. The molecule has 1 N–H and O–H groups in total. The summed E-state index contributed by atoms with van der Waals surface area (Å²) in [6.07, 6.45) is 3.96. The van der Waals surface area contributed by atoms with Crippen molar-refractivity contribution >= 4 is 11.3 Å². The van der Waals surface area contributed by atoms with Gasteiger partial charge in [0.25, 0.3) is 0 Å². The van der Waals surface area contributed by atoms with Crippen LogP contribution in [0.3, 0.4) is 0 Å². The molecule has 0 spiro atoms. The quantitative estimate of drug-likeness (QED) is 0.743. The largest absolute Gasteiger partial charge is 0.441 e. The number of thiophene rings is 1. The van der Waals surface area contributed by atoms with Crippen molar-refractivity contribution in [1.82, 2.24) is 20.1 Å². The second kappa shape index (κ2) is 6.68. The molecule has 23 heavy (non-hydrogen) atoms. The zero-order chi connectivity index (χ0) is 16.4. The van der Waals surface area contributed by atoms with Crippen LogP contribution in [0.5, 0.6) is 0 Å². The molecule has 122 valence electrons. The van der Waals surface area contributed by atoms with Crippen molar-refractivity contribution in [1.29, 1.82) is 0 Å². The Hall–Kier alpha value is -1.92. The van der Waals surface area contributed by atoms with Crippen LogP contribution in [0.2, 0.25) is 0 Å². The van der Waals surface area contributed by atoms with Gasteiger partial charge in [-0.05, 0) is 44.7 Å². The minimum Gasteiger partial charge on any atom is -0.441 e. The SMILES string of the molecule is Cc1cnn(C(C)C(C)NCc2nc(-c3ccsc3)oc2C)c1. The second-order valence-corrected chi connectivity index (χ2v) is 6.72. The summed E-state index contributed by atoms with van der Waals surface area (Å²) in [7, 11) is 0. The molecule has 0 radical (unpaired) electrons. The highest BCUT2D eigenvalue weighted by Gasteiger charge is 2.17. The molecule has 3 heterocycles. The number of hydrogen-bond acceptors (Lipinski definition) is 5. The molecule has 3 aromatic heterocycles. The topological polar surface area (TPSA) is 55.9 Å². The maximum atomic E-state index is 5.78. The molecular formula is C17H22N4OS. The molecule has 3 aromatic rings. The number of rotatable bonds is 6. The standard InChI is InChI=1S/C17H22N4OS/c1-11-7-19-21(9-11)13(3)12(2)18-8-16-14(4)22-17(20-16)15-5-6-23-10-15/h5-7,9-10,12-13,18H,8H2,1-4H3. The van der Waals surface area contributed by atoms with Crippen LogP contribution >= 0.6 is 11.3 Å². The predicted octanol–water partition coefficient (Wildman–Crippen LogP) is 3.96. The van der Waals surface area contributed by atoms with Crippen LogP contribution in [0.4, 0.5) is 0 Å². The molecule has 2 unspecified atom stereocenters. The van der Waals surface area contributed by atoms with Gasteiger partial charge >= 0.3 is 0 Å². The fraction of sp³-hybridized carbons (Fsp3) is 0.412. The highest BCUT2D eigenvalue weighted by molar-refractivity contribution is 7.08. The van der Waals surface area contributed by atoms with Gasteiger partial charge in [-0.1, -0.05) is 0 Å². The average molecular weight is 330 g/mol. The van der Waals surface area contributed by atoms with E-state index in [4.69, 9.17) is 4.42 Å². The van der Waals surface area contributed by atoms with E-state index in [1.54, 1.807) is 11.3 Å². The Balaban J connectivity index is 1.64. The lowest BCUT2D eigenvalue weighted by Crippen LogP contribution is -2.33. The number of nitrogens with zero attached hydrogens (tertiary/aromatic N) is 3. The lowest BCUT2D eigenvalue weighted by molar-refractivity contribution is 0.363. The molecule has 0 saturated carbocycles. The molecule has 0 amide bonds. The van der Waals surface area contributed by atoms with E-state index in [1.807, 2.05) is 34.6 Å². The van der Waals surface area contributed by atoms with Crippen LogP contribution in [-0.4, -0.2) is 20.8 Å². The van der Waals surface area contributed by atoms with E-state index in [2.05, 4.69) is 42.4 Å². The van der Waals surface area contributed by atoms with Gasteiger partial charge in [-0.2, -0.15) is 16.4 Å². The molecule has 0 aromatic carbocycles. The number of aryl methyl sites for hydroxylation is 2. The summed E-state index contributed by atoms with van der Waals surface area (Å²) < 4.78 is 7.78. The molecule has 3 rings (SSSR count). The third kappa shape index (κ3) is 3.54. The van der Waals surface area contributed by atoms with E-state index in [0.717, 1.165) is 17.0 Å². The van der Waals surface area contributed by atoms with E-state index in [0.29, 0.717) is 12.4 Å². The first kappa shape index (κ1) is 16.0. The summed E-state index contributed by atoms with van der Waals surface area (Å²) in [5.41, 5.74) is 3.18. The van der Waals surface area contributed by atoms with E-state index in [9.17, 15) is 0 Å². The van der Waals surface area contributed by atoms with Crippen molar-refractivity contribution in [3.05, 3.63) is 46.2 Å². The van der Waals surface area contributed by atoms with Gasteiger partial charge in [-0.25, -0.2) is 4.98 Å². The van der Waals surface area contributed by atoms with Crippen molar-refractivity contribution < 1.29 is 4.42 Å². The first-order chi connectivity index (χ1) is 11.0. The van der Waals surface area contributed by atoms with Crippen molar-refractivity contribution in [3.8, 4) is 11.5 Å². The summed E-state index contributed by atoms with van der Waals surface area (Å²) in [5.74, 6) is 1.57.